The predicted molar refractivity (Wildman–Crippen MR) is 63.6 cm³/mol. The number of rotatable bonds is 1. The third kappa shape index (κ3) is 1.45. The van der Waals surface area contributed by atoms with E-state index in [0.29, 0.717) is 11.4 Å². The lowest BCUT2D eigenvalue weighted by atomic mass is 10.2. The molecule has 2 heterocycles. The molecular weight excluding hydrogens is 212 g/mol. The molecule has 17 heavy (non-hydrogen) atoms. The van der Waals surface area contributed by atoms with Gasteiger partial charge in [0.15, 0.2) is 5.82 Å². The van der Waals surface area contributed by atoms with Crippen LogP contribution in [-0.4, -0.2) is 14.8 Å². The molecular formula is C13H8N4. The third-order valence-corrected chi connectivity index (χ3v) is 2.58. The molecule has 4 nitrogen and oxygen atoms in total. The van der Waals surface area contributed by atoms with Gasteiger partial charge >= 0.3 is 0 Å². The molecule has 1 aromatic carbocycles. The molecule has 0 spiro atoms. The fraction of sp³-hybridized carbons (Fsp3) is 0. The van der Waals surface area contributed by atoms with Crippen LogP contribution in [0, 0.1) is 11.3 Å². The van der Waals surface area contributed by atoms with Gasteiger partial charge in [-0.2, -0.15) is 10.4 Å². The molecule has 0 radical (unpaired) electrons. The summed E-state index contributed by atoms with van der Waals surface area (Å²) in [6.07, 6.45) is 3.43. The van der Waals surface area contributed by atoms with Crippen molar-refractivity contribution in [1.82, 2.24) is 14.8 Å². The fourth-order valence-electron chi connectivity index (χ4n) is 1.79. The van der Waals surface area contributed by atoms with Gasteiger partial charge in [-0.05, 0) is 18.2 Å². The molecule has 0 aliphatic carbocycles. The second-order valence-corrected chi connectivity index (χ2v) is 3.60. The van der Waals surface area contributed by atoms with E-state index < -0.39 is 0 Å². The van der Waals surface area contributed by atoms with Gasteiger partial charge < -0.3 is 0 Å². The van der Waals surface area contributed by atoms with Crippen molar-refractivity contribution in [1.29, 1.82) is 5.26 Å². The van der Waals surface area contributed by atoms with E-state index in [4.69, 9.17) is 5.26 Å². The van der Waals surface area contributed by atoms with Crippen LogP contribution in [0.3, 0.4) is 0 Å². The quantitative estimate of drug-likeness (QED) is 0.632. The number of para-hydroxylation sites is 1. The number of aromatic nitrogens is 3. The summed E-state index contributed by atoms with van der Waals surface area (Å²) in [6.45, 7) is 0. The normalized spacial score (nSPS) is 10.3. The summed E-state index contributed by atoms with van der Waals surface area (Å²) in [7, 11) is 0. The number of benzene rings is 1. The van der Waals surface area contributed by atoms with Gasteiger partial charge in [0.05, 0.1) is 17.3 Å². The summed E-state index contributed by atoms with van der Waals surface area (Å²) in [5.74, 6) is 0.566. The fourth-order valence-corrected chi connectivity index (χ4v) is 1.79. The van der Waals surface area contributed by atoms with E-state index in [1.54, 1.807) is 29.2 Å². The van der Waals surface area contributed by atoms with Gasteiger partial charge in [0.1, 0.15) is 6.07 Å². The van der Waals surface area contributed by atoms with Crippen LogP contribution in [-0.2, 0) is 0 Å². The van der Waals surface area contributed by atoms with Crippen LogP contribution < -0.4 is 0 Å². The van der Waals surface area contributed by atoms with Gasteiger partial charge in [0.2, 0.25) is 0 Å². The van der Waals surface area contributed by atoms with Crippen molar-refractivity contribution in [3.8, 4) is 11.9 Å². The first-order valence-corrected chi connectivity index (χ1v) is 5.18. The highest BCUT2D eigenvalue weighted by atomic mass is 15.3. The summed E-state index contributed by atoms with van der Waals surface area (Å²) < 4.78 is 1.69. The first-order valence-electron chi connectivity index (χ1n) is 5.18. The molecule has 0 saturated heterocycles. The maximum Gasteiger partial charge on any atom is 0.171 e. The van der Waals surface area contributed by atoms with Crippen molar-refractivity contribution in [2.45, 2.75) is 0 Å². The van der Waals surface area contributed by atoms with Crippen LogP contribution in [0.4, 0.5) is 0 Å². The van der Waals surface area contributed by atoms with Crippen molar-refractivity contribution < 1.29 is 0 Å². The van der Waals surface area contributed by atoms with E-state index in [0.717, 1.165) is 10.9 Å². The lowest BCUT2D eigenvalue weighted by molar-refractivity contribution is 0.870. The monoisotopic (exact) mass is 220 g/mol. The smallest absolute Gasteiger partial charge is 0.171 e. The van der Waals surface area contributed by atoms with E-state index in [1.807, 2.05) is 24.3 Å². The molecule has 80 valence electrons. The van der Waals surface area contributed by atoms with E-state index in [1.165, 1.54) is 0 Å². The molecule has 3 aromatic rings. The predicted octanol–water partition coefficient (Wildman–Crippen LogP) is 2.29. The van der Waals surface area contributed by atoms with Gasteiger partial charge in [-0.25, -0.2) is 9.67 Å². The molecule has 0 aliphatic rings. The van der Waals surface area contributed by atoms with E-state index in [2.05, 4.69) is 16.2 Å². The molecule has 0 aliphatic heterocycles. The molecule has 4 heteroatoms. The number of fused-ring (bicyclic) bond motifs is 1. The van der Waals surface area contributed by atoms with Crippen LogP contribution in [0.15, 0.2) is 48.8 Å². The minimum absolute atomic E-state index is 0.515. The summed E-state index contributed by atoms with van der Waals surface area (Å²) >= 11 is 0. The number of pyridine rings is 1. The van der Waals surface area contributed by atoms with E-state index in [9.17, 15) is 0 Å². The van der Waals surface area contributed by atoms with Crippen molar-refractivity contribution in [3.63, 3.8) is 0 Å². The van der Waals surface area contributed by atoms with Crippen LogP contribution in [0.25, 0.3) is 16.7 Å². The maximum atomic E-state index is 9.06. The number of hydrogen-bond donors (Lipinski definition) is 0. The van der Waals surface area contributed by atoms with Gasteiger partial charge in [-0.3, -0.25) is 0 Å². The van der Waals surface area contributed by atoms with E-state index >= 15 is 0 Å². The Kier molecular flexibility index (Phi) is 2.09. The Balaban J connectivity index is 2.32. The first-order chi connectivity index (χ1) is 8.40. The molecule has 2 aromatic heterocycles. The topological polar surface area (TPSA) is 54.5 Å². The molecule has 0 unspecified atom stereocenters. The zero-order chi connectivity index (χ0) is 11.7. The molecule has 3 rings (SSSR count). The summed E-state index contributed by atoms with van der Waals surface area (Å²) in [5.41, 5.74) is 1.46. The van der Waals surface area contributed by atoms with Gasteiger partial charge in [-0.15, -0.1) is 0 Å². The lowest BCUT2D eigenvalue weighted by Gasteiger charge is -2.03. The molecule has 0 saturated carbocycles. The Morgan fingerprint density at radius 3 is 2.88 bits per heavy atom. The molecule has 0 bridgehead atoms. The SMILES string of the molecule is N#Cc1cccnc1-n1ncc2ccccc21. The second kappa shape index (κ2) is 3.72. The average Bonchev–Trinajstić information content (AvgIpc) is 2.82. The van der Waals surface area contributed by atoms with Crippen molar-refractivity contribution in [2.75, 3.05) is 0 Å². The minimum Gasteiger partial charge on any atom is -0.236 e. The standard InChI is InChI=1S/C13H8N4/c14-8-10-5-3-7-15-13(10)17-12-6-2-1-4-11(12)9-16-17/h1-7,9H. The van der Waals surface area contributed by atoms with Crippen LogP contribution in [0.5, 0.6) is 0 Å². The summed E-state index contributed by atoms with van der Waals surface area (Å²) in [5, 5.41) is 14.4. The Bertz CT molecular complexity index is 721. The Morgan fingerprint density at radius 2 is 2.00 bits per heavy atom. The number of hydrogen-bond acceptors (Lipinski definition) is 3. The highest BCUT2D eigenvalue weighted by Gasteiger charge is 2.09. The van der Waals surface area contributed by atoms with Crippen LogP contribution >= 0.6 is 0 Å². The first kappa shape index (κ1) is 9.55. The summed E-state index contributed by atoms with van der Waals surface area (Å²) in [6, 6.07) is 13.4. The third-order valence-electron chi connectivity index (χ3n) is 2.58. The van der Waals surface area contributed by atoms with Crippen molar-refractivity contribution in [3.05, 3.63) is 54.4 Å². The van der Waals surface area contributed by atoms with Gasteiger partial charge in [0.25, 0.3) is 0 Å². The lowest BCUT2D eigenvalue weighted by Crippen LogP contribution is -2.01. The van der Waals surface area contributed by atoms with Gasteiger partial charge in [0, 0.05) is 11.6 Å². The maximum absolute atomic E-state index is 9.06. The van der Waals surface area contributed by atoms with Crippen LogP contribution in [0.1, 0.15) is 5.56 Å². The van der Waals surface area contributed by atoms with Gasteiger partial charge in [-0.1, -0.05) is 18.2 Å². The molecule has 0 atom stereocenters. The number of nitriles is 1. The van der Waals surface area contributed by atoms with Crippen molar-refractivity contribution >= 4 is 10.9 Å². The largest absolute Gasteiger partial charge is 0.236 e. The highest BCUT2D eigenvalue weighted by Crippen LogP contribution is 2.18. The zero-order valence-electron chi connectivity index (χ0n) is 8.91. The minimum atomic E-state index is 0.515. The second-order valence-electron chi connectivity index (χ2n) is 3.60. The van der Waals surface area contributed by atoms with Crippen molar-refractivity contribution in [2.24, 2.45) is 0 Å². The Hall–Kier alpha value is -2.67. The van der Waals surface area contributed by atoms with Crippen LogP contribution in [0.2, 0.25) is 0 Å². The molecule has 0 N–H and O–H groups in total. The summed E-state index contributed by atoms with van der Waals surface area (Å²) in [4.78, 5) is 4.22. The van der Waals surface area contributed by atoms with E-state index in [-0.39, 0.29) is 0 Å². The zero-order valence-corrected chi connectivity index (χ0v) is 8.91. The highest BCUT2D eigenvalue weighted by molar-refractivity contribution is 5.80. The molecule has 0 fully saturated rings. The Morgan fingerprint density at radius 1 is 1.12 bits per heavy atom. The molecule has 0 amide bonds. The Labute approximate surface area is 97.8 Å². The average molecular weight is 220 g/mol. The number of nitrogens with zero attached hydrogens (tertiary/aromatic N) is 4.